The van der Waals surface area contributed by atoms with Gasteiger partial charge in [-0.1, -0.05) is 0 Å². The van der Waals surface area contributed by atoms with Crippen LogP contribution in [-0.4, -0.2) is 15.8 Å². The van der Waals surface area contributed by atoms with Gasteiger partial charge in [-0.15, -0.1) is 0 Å². The molecule has 0 unspecified atom stereocenters. The van der Waals surface area contributed by atoms with Crippen LogP contribution in [0.1, 0.15) is 16.1 Å². The van der Waals surface area contributed by atoms with Crippen molar-refractivity contribution in [3.63, 3.8) is 0 Å². The number of furan rings is 1. The maximum Gasteiger partial charge on any atom is 0.433 e. The number of carbonyl (C=O) groups excluding carboxylic acids is 1. The Morgan fingerprint density at radius 2 is 1.86 bits per heavy atom. The highest BCUT2D eigenvalue weighted by molar-refractivity contribution is 6.02. The van der Waals surface area contributed by atoms with Crippen molar-refractivity contribution in [2.45, 2.75) is 6.92 Å². The molecule has 0 aliphatic heterocycles. The second-order valence-corrected chi connectivity index (χ2v) is 4.11. The number of aryl methyl sites for hydroxylation is 1. The molecule has 9 heteroatoms. The Hall–Kier alpha value is -3.23. The predicted molar refractivity (Wildman–Crippen MR) is 71.1 cm³/mol. The number of nitrogens with zero attached hydrogens (tertiary/aromatic N) is 2. The number of benzene rings is 1. The fourth-order valence-corrected chi connectivity index (χ4v) is 1.63. The summed E-state index contributed by atoms with van der Waals surface area (Å²) in [6, 6.07) is 6.17. The number of nitro benzene ring substituents is 1. The van der Waals surface area contributed by atoms with Gasteiger partial charge < -0.3 is 9.73 Å². The Bertz CT molecular complexity index is 736. The fourth-order valence-electron chi connectivity index (χ4n) is 1.63. The van der Waals surface area contributed by atoms with Crippen molar-refractivity contribution in [2.75, 3.05) is 5.32 Å². The smallest absolute Gasteiger partial charge is 0.395 e. The highest BCUT2D eigenvalue weighted by atomic mass is 16.6. The molecule has 1 heterocycles. The molecule has 108 valence electrons. The molecular weight excluding hydrogens is 282 g/mol. The standard InChI is InChI=1S/C12H9N3O6/c1-7-6-8(14(17)18)2-3-9(7)13-12(16)10-4-5-11(21-10)15(19)20/h2-6H,1H3,(H,13,16). The molecule has 0 radical (unpaired) electrons. The quantitative estimate of drug-likeness (QED) is 0.681. The fraction of sp³-hybridized carbons (Fsp3) is 0.0833. The lowest BCUT2D eigenvalue weighted by atomic mass is 10.2. The van der Waals surface area contributed by atoms with Crippen LogP contribution in [0, 0.1) is 27.2 Å². The zero-order chi connectivity index (χ0) is 15.6. The van der Waals surface area contributed by atoms with Gasteiger partial charge in [0.2, 0.25) is 0 Å². The van der Waals surface area contributed by atoms with E-state index >= 15 is 0 Å². The van der Waals surface area contributed by atoms with Crippen molar-refractivity contribution in [1.82, 2.24) is 0 Å². The van der Waals surface area contributed by atoms with Gasteiger partial charge in [0, 0.05) is 17.8 Å². The van der Waals surface area contributed by atoms with Crippen LogP contribution in [-0.2, 0) is 0 Å². The van der Waals surface area contributed by atoms with E-state index < -0.39 is 21.6 Å². The number of nitro groups is 2. The minimum Gasteiger partial charge on any atom is -0.395 e. The number of carbonyl (C=O) groups is 1. The van der Waals surface area contributed by atoms with Crippen LogP contribution in [0.2, 0.25) is 0 Å². The first kappa shape index (κ1) is 14.2. The minimum absolute atomic E-state index is 0.0980. The van der Waals surface area contributed by atoms with Crippen LogP contribution in [0.15, 0.2) is 34.7 Å². The van der Waals surface area contributed by atoms with Crippen LogP contribution in [0.3, 0.4) is 0 Å². The predicted octanol–water partition coefficient (Wildman–Crippen LogP) is 2.66. The third-order valence-electron chi connectivity index (χ3n) is 2.66. The molecule has 0 atom stereocenters. The topological polar surface area (TPSA) is 129 Å². The molecule has 1 aromatic carbocycles. The maximum atomic E-state index is 11.9. The average molecular weight is 291 g/mol. The molecule has 0 fully saturated rings. The van der Waals surface area contributed by atoms with Crippen molar-refractivity contribution in [2.24, 2.45) is 0 Å². The van der Waals surface area contributed by atoms with Gasteiger partial charge in [-0.2, -0.15) is 0 Å². The Kier molecular flexibility index (Phi) is 3.65. The Balaban J connectivity index is 2.19. The van der Waals surface area contributed by atoms with Gasteiger partial charge in [-0.25, -0.2) is 0 Å². The molecule has 0 aliphatic carbocycles. The molecule has 2 rings (SSSR count). The molecule has 1 aromatic heterocycles. The van der Waals surface area contributed by atoms with E-state index in [2.05, 4.69) is 5.32 Å². The van der Waals surface area contributed by atoms with Crippen molar-refractivity contribution in [1.29, 1.82) is 0 Å². The van der Waals surface area contributed by atoms with Crippen molar-refractivity contribution in [3.05, 3.63) is 61.9 Å². The molecule has 2 aromatic rings. The molecule has 1 N–H and O–H groups in total. The summed E-state index contributed by atoms with van der Waals surface area (Å²) in [7, 11) is 0. The molecule has 0 aliphatic rings. The molecule has 9 nitrogen and oxygen atoms in total. The molecule has 1 amide bonds. The molecule has 0 saturated carbocycles. The maximum absolute atomic E-state index is 11.9. The third-order valence-corrected chi connectivity index (χ3v) is 2.66. The number of amides is 1. The summed E-state index contributed by atoms with van der Waals surface area (Å²) in [5, 5.41) is 23.5. The molecule has 0 saturated heterocycles. The van der Waals surface area contributed by atoms with Gasteiger partial charge in [0.15, 0.2) is 5.76 Å². The summed E-state index contributed by atoms with van der Waals surface area (Å²) in [6.45, 7) is 1.59. The van der Waals surface area contributed by atoms with E-state index in [9.17, 15) is 25.0 Å². The Morgan fingerprint density at radius 3 is 2.38 bits per heavy atom. The summed E-state index contributed by atoms with van der Waals surface area (Å²) in [5.41, 5.74) is 0.738. The van der Waals surface area contributed by atoms with Crippen molar-refractivity contribution < 1.29 is 19.1 Å². The summed E-state index contributed by atoms with van der Waals surface area (Å²) in [5.74, 6) is -1.44. The van der Waals surface area contributed by atoms with Gasteiger partial charge in [-0.3, -0.25) is 25.0 Å². The summed E-state index contributed by atoms with van der Waals surface area (Å²) in [6.07, 6.45) is 0. The van der Waals surface area contributed by atoms with Crippen LogP contribution >= 0.6 is 0 Å². The zero-order valence-electron chi connectivity index (χ0n) is 10.7. The first-order chi connectivity index (χ1) is 9.88. The molecule has 0 bridgehead atoms. The second kappa shape index (κ2) is 5.41. The monoisotopic (exact) mass is 291 g/mol. The molecule has 21 heavy (non-hydrogen) atoms. The van der Waals surface area contributed by atoms with Gasteiger partial charge in [0.1, 0.15) is 4.92 Å². The number of non-ortho nitro benzene ring substituents is 1. The number of hydrogen-bond acceptors (Lipinski definition) is 6. The van der Waals surface area contributed by atoms with Crippen LogP contribution < -0.4 is 5.32 Å². The third kappa shape index (κ3) is 3.03. The summed E-state index contributed by atoms with van der Waals surface area (Å²) < 4.78 is 4.76. The van der Waals surface area contributed by atoms with E-state index in [1.807, 2.05) is 0 Å². The molecule has 0 spiro atoms. The lowest BCUT2D eigenvalue weighted by Crippen LogP contribution is -2.11. The summed E-state index contributed by atoms with van der Waals surface area (Å²) >= 11 is 0. The largest absolute Gasteiger partial charge is 0.433 e. The van der Waals surface area contributed by atoms with Crippen LogP contribution in [0.25, 0.3) is 0 Å². The average Bonchev–Trinajstić information content (AvgIpc) is 2.90. The molecular formula is C12H9N3O6. The number of hydrogen-bond donors (Lipinski definition) is 1. The number of nitrogens with one attached hydrogen (secondary N) is 1. The highest BCUT2D eigenvalue weighted by Gasteiger charge is 2.18. The van der Waals surface area contributed by atoms with E-state index in [1.54, 1.807) is 6.92 Å². The van der Waals surface area contributed by atoms with Crippen molar-refractivity contribution in [3.8, 4) is 0 Å². The van der Waals surface area contributed by atoms with E-state index in [0.29, 0.717) is 11.3 Å². The van der Waals surface area contributed by atoms with Crippen LogP contribution in [0.4, 0.5) is 17.3 Å². The summed E-state index contributed by atoms with van der Waals surface area (Å²) in [4.78, 5) is 31.6. The normalized spacial score (nSPS) is 10.1. The van der Waals surface area contributed by atoms with E-state index in [0.717, 1.165) is 6.07 Å². The Morgan fingerprint density at radius 1 is 1.14 bits per heavy atom. The van der Waals surface area contributed by atoms with Crippen molar-refractivity contribution >= 4 is 23.2 Å². The van der Waals surface area contributed by atoms with E-state index in [-0.39, 0.29) is 11.4 Å². The van der Waals surface area contributed by atoms with E-state index in [1.165, 1.54) is 24.3 Å². The van der Waals surface area contributed by atoms with Crippen LogP contribution in [0.5, 0.6) is 0 Å². The number of rotatable bonds is 4. The first-order valence-electron chi connectivity index (χ1n) is 5.69. The van der Waals surface area contributed by atoms with E-state index in [4.69, 9.17) is 4.42 Å². The second-order valence-electron chi connectivity index (χ2n) is 4.11. The minimum atomic E-state index is -0.756. The first-order valence-corrected chi connectivity index (χ1v) is 5.69. The lowest BCUT2D eigenvalue weighted by molar-refractivity contribution is -0.402. The number of anilines is 1. The lowest BCUT2D eigenvalue weighted by Gasteiger charge is -2.06. The highest BCUT2D eigenvalue weighted by Crippen LogP contribution is 2.22. The van der Waals surface area contributed by atoms with Gasteiger partial charge >= 0.3 is 5.88 Å². The van der Waals surface area contributed by atoms with Gasteiger partial charge in [-0.05, 0) is 24.6 Å². The Labute approximate surface area is 117 Å². The van der Waals surface area contributed by atoms with Gasteiger partial charge in [0.05, 0.1) is 11.0 Å². The van der Waals surface area contributed by atoms with Gasteiger partial charge in [0.25, 0.3) is 11.6 Å². The SMILES string of the molecule is Cc1cc([N+](=O)[O-])ccc1NC(=O)c1ccc([N+](=O)[O-])o1. The zero-order valence-corrected chi connectivity index (χ0v) is 10.7.